The van der Waals surface area contributed by atoms with E-state index in [0.29, 0.717) is 12.2 Å². The lowest BCUT2D eigenvalue weighted by Gasteiger charge is -2.36. The first-order valence-corrected chi connectivity index (χ1v) is 5.65. The van der Waals surface area contributed by atoms with E-state index in [0.717, 1.165) is 5.56 Å². The van der Waals surface area contributed by atoms with Gasteiger partial charge in [0.1, 0.15) is 18.8 Å². The molecule has 0 aromatic heterocycles. The van der Waals surface area contributed by atoms with Gasteiger partial charge in [-0.2, -0.15) is 0 Å². The van der Waals surface area contributed by atoms with Crippen LogP contribution in [0.25, 0.3) is 0 Å². The molecule has 17 heavy (non-hydrogen) atoms. The zero-order valence-electron chi connectivity index (χ0n) is 9.89. The van der Waals surface area contributed by atoms with Crippen LogP contribution in [0.1, 0.15) is 18.6 Å². The number of ketones is 1. The van der Waals surface area contributed by atoms with Crippen molar-refractivity contribution in [3.8, 4) is 0 Å². The maximum absolute atomic E-state index is 11.4. The van der Waals surface area contributed by atoms with Crippen LogP contribution in [0.3, 0.4) is 0 Å². The van der Waals surface area contributed by atoms with Crippen LogP contribution >= 0.6 is 0 Å². The number of hydrogen-bond acceptors (Lipinski definition) is 3. The number of hydrogen-bond donors (Lipinski definition) is 0. The standard InChI is InChI=1S/C14H16O3/c1-10(2)12(15)8-16-13-9-17-14(13)11-6-4-3-5-7-11/h3-7,13-14H,1,8-9H2,2H3. The largest absolute Gasteiger partial charge is 0.368 e. The van der Waals surface area contributed by atoms with Crippen LogP contribution in [-0.4, -0.2) is 25.1 Å². The van der Waals surface area contributed by atoms with Crippen molar-refractivity contribution < 1.29 is 14.3 Å². The Morgan fingerprint density at radius 1 is 1.47 bits per heavy atom. The summed E-state index contributed by atoms with van der Waals surface area (Å²) in [6.07, 6.45) is -0.0742. The van der Waals surface area contributed by atoms with Crippen molar-refractivity contribution in [3.63, 3.8) is 0 Å². The molecule has 1 aliphatic rings. The van der Waals surface area contributed by atoms with Crippen molar-refractivity contribution in [1.29, 1.82) is 0 Å². The number of rotatable bonds is 5. The van der Waals surface area contributed by atoms with Crippen LogP contribution in [0, 0.1) is 0 Å². The fourth-order valence-electron chi connectivity index (χ4n) is 1.67. The molecular weight excluding hydrogens is 216 g/mol. The highest BCUT2D eigenvalue weighted by Crippen LogP contribution is 2.31. The van der Waals surface area contributed by atoms with Crippen LogP contribution in [0.5, 0.6) is 0 Å². The molecule has 0 spiro atoms. The van der Waals surface area contributed by atoms with E-state index in [-0.39, 0.29) is 24.6 Å². The van der Waals surface area contributed by atoms with Gasteiger partial charge in [0.2, 0.25) is 0 Å². The zero-order chi connectivity index (χ0) is 12.3. The summed E-state index contributed by atoms with van der Waals surface area (Å²) < 4.78 is 11.0. The van der Waals surface area contributed by atoms with E-state index in [1.165, 1.54) is 0 Å². The number of ether oxygens (including phenoxy) is 2. The fraction of sp³-hybridized carbons (Fsp3) is 0.357. The zero-order valence-corrected chi connectivity index (χ0v) is 9.89. The molecule has 0 radical (unpaired) electrons. The Labute approximate surface area is 101 Å². The highest BCUT2D eigenvalue weighted by molar-refractivity contribution is 5.95. The first-order valence-electron chi connectivity index (χ1n) is 5.65. The molecule has 2 atom stereocenters. The topological polar surface area (TPSA) is 35.5 Å². The monoisotopic (exact) mass is 232 g/mol. The molecule has 1 saturated heterocycles. The van der Waals surface area contributed by atoms with E-state index in [1.54, 1.807) is 6.92 Å². The minimum absolute atomic E-state index is 0.0271. The molecule has 0 bridgehead atoms. The molecule has 1 aliphatic heterocycles. The van der Waals surface area contributed by atoms with Crippen molar-refractivity contribution in [2.45, 2.75) is 19.1 Å². The molecular formula is C14H16O3. The summed E-state index contributed by atoms with van der Waals surface area (Å²) in [4.78, 5) is 11.4. The lowest BCUT2D eigenvalue weighted by Crippen LogP contribution is -2.41. The SMILES string of the molecule is C=C(C)C(=O)COC1COC1c1ccccc1. The highest BCUT2D eigenvalue weighted by atomic mass is 16.6. The van der Waals surface area contributed by atoms with Crippen molar-refractivity contribution >= 4 is 5.78 Å². The van der Waals surface area contributed by atoms with Gasteiger partial charge in [0.05, 0.1) is 6.61 Å². The van der Waals surface area contributed by atoms with Gasteiger partial charge >= 0.3 is 0 Å². The number of carbonyl (C=O) groups is 1. The van der Waals surface area contributed by atoms with E-state index in [2.05, 4.69) is 6.58 Å². The van der Waals surface area contributed by atoms with E-state index in [1.807, 2.05) is 30.3 Å². The van der Waals surface area contributed by atoms with Gasteiger partial charge in [-0.3, -0.25) is 4.79 Å². The van der Waals surface area contributed by atoms with E-state index >= 15 is 0 Å². The molecule has 0 aliphatic carbocycles. The minimum Gasteiger partial charge on any atom is -0.368 e. The van der Waals surface area contributed by atoms with Gasteiger partial charge in [-0.1, -0.05) is 36.9 Å². The maximum atomic E-state index is 11.4. The molecule has 2 rings (SSSR count). The lowest BCUT2D eigenvalue weighted by molar-refractivity contribution is -0.191. The molecule has 0 N–H and O–H groups in total. The van der Waals surface area contributed by atoms with Gasteiger partial charge in [0, 0.05) is 0 Å². The first-order chi connectivity index (χ1) is 8.18. The average Bonchev–Trinajstić information content (AvgIpc) is 2.28. The van der Waals surface area contributed by atoms with Gasteiger partial charge in [-0.05, 0) is 18.1 Å². The second-order valence-electron chi connectivity index (χ2n) is 4.22. The second-order valence-corrected chi connectivity index (χ2v) is 4.22. The van der Waals surface area contributed by atoms with Crippen molar-refractivity contribution in [3.05, 3.63) is 48.0 Å². The third-order valence-corrected chi connectivity index (χ3v) is 2.81. The summed E-state index contributed by atoms with van der Waals surface area (Å²) in [6, 6.07) is 9.89. The van der Waals surface area contributed by atoms with Crippen LogP contribution in [0.15, 0.2) is 42.5 Å². The molecule has 0 amide bonds. The predicted molar refractivity (Wildman–Crippen MR) is 64.7 cm³/mol. The highest BCUT2D eigenvalue weighted by Gasteiger charge is 2.34. The molecule has 3 heteroatoms. The Bertz CT molecular complexity index is 411. The Kier molecular flexibility index (Phi) is 3.71. The predicted octanol–water partition coefficient (Wildman–Crippen LogP) is 2.29. The van der Waals surface area contributed by atoms with Crippen molar-refractivity contribution in [2.75, 3.05) is 13.2 Å². The molecule has 3 nitrogen and oxygen atoms in total. The summed E-state index contributed by atoms with van der Waals surface area (Å²) in [7, 11) is 0. The van der Waals surface area contributed by atoms with Gasteiger partial charge in [-0.15, -0.1) is 0 Å². The quantitative estimate of drug-likeness (QED) is 0.731. The lowest BCUT2D eigenvalue weighted by atomic mass is 10.0. The summed E-state index contributed by atoms with van der Waals surface area (Å²) >= 11 is 0. The number of benzene rings is 1. The fourth-order valence-corrected chi connectivity index (χ4v) is 1.67. The third kappa shape index (κ3) is 2.81. The molecule has 1 aromatic rings. The van der Waals surface area contributed by atoms with Gasteiger partial charge in [-0.25, -0.2) is 0 Å². The maximum Gasteiger partial charge on any atom is 0.183 e. The average molecular weight is 232 g/mol. The molecule has 0 saturated carbocycles. The van der Waals surface area contributed by atoms with Crippen LogP contribution in [-0.2, 0) is 14.3 Å². The Morgan fingerprint density at radius 2 is 2.18 bits per heavy atom. The summed E-state index contributed by atoms with van der Waals surface area (Å²) in [6.45, 7) is 5.92. The molecule has 1 heterocycles. The summed E-state index contributed by atoms with van der Waals surface area (Å²) in [5, 5.41) is 0. The first kappa shape index (κ1) is 12.0. The summed E-state index contributed by atoms with van der Waals surface area (Å²) in [5.41, 5.74) is 1.62. The Hall–Kier alpha value is -1.45. The Balaban J connectivity index is 1.88. The van der Waals surface area contributed by atoms with Crippen LogP contribution < -0.4 is 0 Å². The number of Topliss-reactive ketones (excluding diaryl/α,β-unsaturated/α-hetero) is 1. The second kappa shape index (κ2) is 5.25. The van der Waals surface area contributed by atoms with Gasteiger partial charge < -0.3 is 9.47 Å². The third-order valence-electron chi connectivity index (χ3n) is 2.81. The summed E-state index contributed by atoms with van der Waals surface area (Å²) in [5.74, 6) is -0.0521. The van der Waals surface area contributed by atoms with E-state index in [4.69, 9.17) is 9.47 Å². The molecule has 2 unspecified atom stereocenters. The smallest absolute Gasteiger partial charge is 0.183 e. The molecule has 1 aromatic carbocycles. The van der Waals surface area contributed by atoms with E-state index < -0.39 is 0 Å². The van der Waals surface area contributed by atoms with Gasteiger partial charge in [0.15, 0.2) is 5.78 Å². The number of carbonyl (C=O) groups excluding carboxylic acids is 1. The normalized spacial score (nSPS) is 22.9. The van der Waals surface area contributed by atoms with Crippen molar-refractivity contribution in [1.82, 2.24) is 0 Å². The molecule has 90 valence electrons. The Morgan fingerprint density at radius 3 is 2.71 bits per heavy atom. The van der Waals surface area contributed by atoms with Crippen molar-refractivity contribution in [2.24, 2.45) is 0 Å². The van der Waals surface area contributed by atoms with Gasteiger partial charge in [0.25, 0.3) is 0 Å². The van der Waals surface area contributed by atoms with E-state index in [9.17, 15) is 4.79 Å². The molecule has 1 fully saturated rings. The van der Waals surface area contributed by atoms with Crippen LogP contribution in [0.4, 0.5) is 0 Å². The minimum atomic E-state index is -0.0521. The van der Waals surface area contributed by atoms with Crippen LogP contribution in [0.2, 0.25) is 0 Å².